The van der Waals surface area contributed by atoms with Crippen LogP contribution in [0.1, 0.15) is 78.4 Å². The van der Waals surface area contributed by atoms with E-state index in [1.807, 2.05) is 11.0 Å². The molecule has 1 fully saturated rings. The minimum absolute atomic E-state index is 0.153. The molecule has 0 radical (unpaired) electrons. The Labute approximate surface area is 240 Å². The Kier molecular flexibility index (Phi) is 13.0. The molecule has 1 amide bonds. The molecule has 2 heterocycles. The van der Waals surface area contributed by atoms with Crippen molar-refractivity contribution in [3.05, 3.63) is 51.7 Å². The quantitative estimate of drug-likeness (QED) is 0.142. The van der Waals surface area contributed by atoms with Gasteiger partial charge in [0, 0.05) is 23.0 Å². The SMILES string of the molecule is CCCCCCc1ccc(N2C(=O)CC[C@@H]2CCCc2ccc(C(=O)OC[C@H](O)[C@@H](O)[C@H](O)[C@@H](O)CO)s2)cc1. The summed E-state index contributed by atoms with van der Waals surface area (Å²) in [4.78, 5) is 28.3. The lowest BCUT2D eigenvalue weighted by Crippen LogP contribution is -2.47. The second kappa shape index (κ2) is 16.2. The van der Waals surface area contributed by atoms with Gasteiger partial charge >= 0.3 is 5.97 Å². The van der Waals surface area contributed by atoms with Crippen LogP contribution >= 0.6 is 11.3 Å². The molecule has 1 aromatic heterocycles. The van der Waals surface area contributed by atoms with Crippen LogP contribution in [-0.4, -0.2) is 81.1 Å². The number of nitrogens with zero attached hydrogens (tertiary/aromatic N) is 1. The number of unbranched alkanes of at least 4 members (excludes halogenated alkanes) is 3. The van der Waals surface area contributed by atoms with Crippen LogP contribution in [0.4, 0.5) is 5.69 Å². The largest absolute Gasteiger partial charge is 0.459 e. The summed E-state index contributed by atoms with van der Waals surface area (Å²) in [7, 11) is 0. The van der Waals surface area contributed by atoms with Gasteiger partial charge in [0.2, 0.25) is 5.91 Å². The highest BCUT2D eigenvalue weighted by Gasteiger charge is 2.32. The van der Waals surface area contributed by atoms with E-state index in [1.54, 1.807) is 6.07 Å². The van der Waals surface area contributed by atoms with Crippen molar-refractivity contribution < 1.29 is 39.9 Å². The Morgan fingerprint density at radius 2 is 1.70 bits per heavy atom. The van der Waals surface area contributed by atoms with E-state index >= 15 is 0 Å². The number of benzene rings is 1. The predicted octanol–water partition coefficient (Wildman–Crippen LogP) is 2.98. The lowest BCUT2D eigenvalue weighted by Gasteiger charge is -2.25. The fraction of sp³-hybridized carbons (Fsp3) is 0.600. The number of thiophene rings is 1. The normalized spacial score (nSPS) is 18.5. The van der Waals surface area contributed by atoms with Crippen LogP contribution in [-0.2, 0) is 22.4 Å². The number of ether oxygens (including phenoxy) is 1. The van der Waals surface area contributed by atoms with Gasteiger partial charge in [-0.3, -0.25) is 4.79 Å². The number of rotatable bonds is 17. The van der Waals surface area contributed by atoms with Crippen molar-refractivity contribution in [1.29, 1.82) is 0 Å². The number of carbonyl (C=O) groups excluding carboxylic acids is 2. The number of anilines is 1. The smallest absolute Gasteiger partial charge is 0.348 e. The molecule has 9 nitrogen and oxygen atoms in total. The molecule has 1 aliphatic rings. The molecule has 1 saturated heterocycles. The third-order valence-corrected chi connectivity index (χ3v) is 8.52. The zero-order valence-electron chi connectivity index (χ0n) is 23.2. The molecular formula is C30H43NO8S. The monoisotopic (exact) mass is 577 g/mol. The summed E-state index contributed by atoms with van der Waals surface area (Å²) in [6.07, 6.45) is 3.01. The number of aliphatic hydroxyl groups is 5. The van der Waals surface area contributed by atoms with Gasteiger partial charge < -0.3 is 35.2 Å². The molecule has 1 aromatic carbocycles. The summed E-state index contributed by atoms with van der Waals surface area (Å²) in [5.41, 5.74) is 2.26. The van der Waals surface area contributed by atoms with Gasteiger partial charge in [0.1, 0.15) is 35.9 Å². The van der Waals surface area contributed by atoms with E-state index in [0.717, 1.165) is 42.7 Å². The van der Waals surface area contributed by atoms with Crippen molar-refractivity contribution in [2.24, 2.45) is 0 Å². The molecule has 10 heteroatoms. The topological polar surface area (TPSA) is 148 Å². The maximum Gasteiger partial charge on any atom is 0.348 e. The number of hydrogen-bond acceptors (Lipinski definition) is 9. The van der Waals surface area contributed by atoms with Crippen molar-refractivity contribution in [1.82, 2.24) is 0 Å². The van der Waals surface area contributed by atoms with E-state index in [9.17, 15) is 30.0 Å². The number of aryl methyl sites for hydroxylation is 2. The second-order valence-corrected chi connectivity index (χ2v) is 11.7. The summed E-state index contributed by atoms with van der Waals surface area (Å²) in [5, 5.41) is 47.7. The number of aliphatic hydroxyl groups excluding tert-OH is 5. The van der Waals surface area contributed by atoms with Gasteiger partial charge in [-0.25, -0.2) is 4.79 Å². The number of amides is 1. The minimum Gasteiger partial charge on any atom is -0.459 e. The van der Waals surface area contributed by atoms with Crippen LogP contribution in [0, 0.1) is 0 Å². The van der Waals surface area contributed by atoms with E-state index in [0.29, 0.717) is 11.3 Å². The van der Waals surface area contributed by atoms with E-state index in [1.165, 1.54) is 42.6 Å². The van der Waals surface area contributed by atoms with E-state index in [4.69, 9.17) is 9.84 Å². The zero-order valence-corrected chi connectivity index (χ0v) is 24.0. The predicted molar refractivity (Wildman–Crippen MR) is 153 cm³/mol. The third kappa shape index (κ3) is 9.09. The fourth-order valence-corrected chi connectivity index (χ4v) is 5.92. The summed E-state index contributed by atoms with van der Waals surface area (Å²) in [5.74, 6) is -0.506. The molecule has 40 heavy (non-hydrogen) atoms. The van der Waals surface area contributed by atoms with Gasteiger partial charge in [-0.1, -0.05) is 38.3 Å². The average molecular weight is 578 g/mol. The average Bonchev–Trinajstić information content (AvgIpc) is 3.59. The Morgan fingerprint density at radius 3 is 2.40 bits per heavy atom. The van der Waals surface area contributed by atoms with E-state index in [-0.39, 0.29) is 11.9 Å². The van der Waals surface area contributed by atoms with Gasteiger partial charge in [-0.2, -0.15) is 0 Å². The van der Waals surface area contributed by atoms with Crippen LogP contribution in [0.2, 0.25) is 0 Å². The minimum atomic E-state index is -1.79. The summed E-state index contributed by atoms with van der Waals surface area (Å²) < 4.78 is 5.05. The molecule has 0 spiro atoms. The number of esters is 1. The van der Waals surface area contributed by atoms with Crippen LogP contribution in [0.25, 0.3) is 0 Å². The number of hydrogen-bond donors (Lipinski definition) is 5. The first-order chi connectivity index (χ1) is 19.2. The van der Waals surface area contributed by atoms with Gasteiger partial charge in [0.15, 0.2) is 0 Å². The Morgan fingerprint density at radius 1 is 0.975 bits per heavy atom. The van der Waals surface area contributed by atoms with E-state index in [2.05, 4.69) is 31.2 Å². The fourth-order valence-electron chi connectivity index (χ4n) is 4.98. The molecule has 0 aliphatic carbocycles. The Balaban J connectivity index is 1.45. The Hall–Kier alpha value is -2.34. The summed E-state index contributed by atoms with van der Waals surface area (Å²) >= 11 is 1.29. The van der Waals surface area contributed by atoms with Gasteiger partial charge in [0.25, 0.3) is 0 Å². The van der Waals surface area contributed by atoms with Gasteiger partial charge in [-0.05, 0) is 68.4 Å². The molecule has 5 atom stereocenters. The highest BCUT2D eigenvalue weighted by Crippen LogP contribution is 2.30. The lowest BCUT2D eigenvalue weighted by molar-refractivity contribution is -0.124. The van der Waals surface area contributed by atoms with Crippen molar-refractivity contribution in [2.45, 2.75) is 102 Å². The van der Waals surface area contributed by atoms with Crippen molar-refractivity contribution in [2.75, 3.05) is 18.1 Å². The van der Waals surface area contributed by atoms with Crippen molar-refractivity contribution in [3.8, 4) is 0 Å². The van der Waals surface area contributed by atoms with Crippen molar-refractivity contribution in [3.63, 3.8) is 0 Å². The standard InChI is InChI=1S/C30H43NO8S/c1-2-3-4-5-7-20-10-12-22(13-11-20)31-21(14-17-27(31)35)8-6-9-23-15-16-26(40-23)30(38)39-19-25(34)29(37)28(36)24(33)18-32/h10-13,15-16,21,24-25,28-29,32-34,36-37H,2-9,14,17-19H2,1H3/t21-,24-,25-,28+,29+/m0/s1. The maximum atomic E-state index is 12.7. The third-order valence-electron chi connectivity index (χ3n) is 7.39. The maximum absolute atomic E-state index is 12.7. The van der Waals surface area contributed by atoms with Crippen LogP contribution in [0.5, 0.6) is 0 Å². The van der Waals surface area contributed by atoms with Crippen LogP contribution in [0.15, 0.2) is 36.4 Å². The van der Waals surface area contributed by atoms with Gasteiger partial charge in [-0.15, -0.1) is 11.3 Å². The Bertz CT molecular complexity index is 1060. The van der Waals surface area contributed by atoms with Crippen LogP contribution < -0.4 is 4.90 Å². The number of carbonyl (C=O) groups is 2. The molecule has 2 aromatic rings. The second-order valence-electron chi connectivity index (χ2n) is 10.5. The van der Waals surface area contributed by atoms with Gasteiger partial charge in [0.05, 0.1) is 6.61 Å². The summed E-state index contributed by atoms with van der Waals surface area (Å²) in [6, 6.07) is 12.0. The van der Waals surface area contributed by atoms with E-state index < -0.39 is 43.6 Å². The molecule has 0 saturated carbocycles. The molecule has 1 aliphatic heterocycles. The highest BCUT2D eigenvalue weighted by molar-refractivity contribution is 7.13. The first kappa shape index (κ1) is 32.2. The zero-order chi connectivity index (χ0) is 29.1. The molecule has 5 N–H and O–H groups in total. The molecule has 0 unspecified atom stereocenters. The summed E-state index contributed by atoms with van der Waals surface area (Å²) in [6.45, 7) is 0.846. The first-order valence-electron chi connectivity index (χ1n) is 14.2. The van der Waals surface area contributed by atoms with Crippen LogP contribution in [0.3, 0.4) is 0 Å². The lowest BCUT2D eigenvalue weighted by atomic mass is 10.0. The molecule has 0 bridgehead atoms. The molecule has 222 valence electrons. The molecular weight excluding hydrogens is 534 g/mol. The highest BCUT2D eigenvalue weighted by atomic mass is 32.1. The molecule has 3 rings (SSSR count). The first-order valence-corrected chi connectivity index (χ1v) is 15.1. The van der Waals surface area contributed by atoms with Crippen molar-refractivity contribution >= 4 is 28.9 Å².